The molecule has 27 heavy (non-hydrogen) atoms. The van der Waals surface area contributed by atoms with Gasteiger partial charge >= 0.3 is 0 Å². The number of hydrogen-bond donors (Lipinski definition) is 1. The average molecular weight is 377 g/mol. The molecule has 1 fully saturated rings. The highest BCUT2D eigenvalue weighted by Gasteiger charge is 2.18. The van der Waals surface area contributed by atoms with Crippen LogP contribution < -0.4 is 5.32 Å². The van der Waals surface area contributed by atoms with Crippen LogP contribution in [0.3, 0.4) is 0 Å². The number of piperazine rings is 1. The van der Waals surface area contributed by atoms with Gasteiger partial charge in [-0.25, -0.2) is 13.2 Å². The van der Waals surface area contributed by atoms with E-state index in [-0.39, 0.29) is 11.4 Å². The lowest BCUT2D eigenvalue weighted by Crippen LogP contribution is -2.48. The molecule has 3 rings (SSSR count). The molecule has 0 unspecified atom stereocenters. The van der Waals surface area contributed by atoms with Gasteiger partial charge in [0.05, 0.1) is 0 Å². The molecule has 1 heterocycles. The van der Waals surface area contributed by atoms with Crippen LogP contribution in [0, 0.1) is 17.5 Å². The summed E-state index contributed by atoms with van der Waals surface area (Å²) in [5.74, 6) is -2.61. The van der Waals surface area contributed by atoms with E-state index in [1.54, 1.807) is 12.1 Å². The van der Waals surface area contributed by atoms with E-state index in [0.29, 0.717) is 25.2 Å². The zero-order chi connectivity index (χ0) is 19.2. The van der Waals surface area contributed by atoms with E-state index in [0.717, 1.165) is 38.3 Å². The van der Waals surface area contributed by atoms with E-state index in [1.165, 1.54) is 12.1 Å². The lowest BCUT2D eigenvalue weighted by atomic mass is 10.2. The van der Waals surface area contributed by atoms with Crippen LogP contribution in [0.15, 0.2) is 42.5 Å². The Morgan fingerprint density at radius 3 is 2.30 bits per heavy atom. The molecule has 1 aliphatic heterocycles. The van der Waals surface area contributed by atoms with Crippen molar-refractivity contribution in [3.63, 3.8) is 0 Å². The first-order chi connectivity index (χ1) is 13.0. The van der Waals surface area contributed by atoms with Gasteiger partial charge < -0.3 is 5.32 Å². The Bertz CT molecular complexity index is 792. The summed E-state index contributed by atoms with van der Waals surface area (Å²) in [6, 6.07) is 9.90. The number of carbonyl (C=O) groups is 1. The molecule has 0 atom stereocenters. The van der Waals surface area contributed by atoms with Crippen molar-refractivity contribution in [2.24, 2.45) is 0 Å². The highest BCUT2D eigenvalue weighted by atomic mass is 19.2. The second-order valence-corrected chi connectivity index (χ2v) is 6.59. The van der Waals surface area contributed by atoms with E-state index >= 15 is 0 Å². The Labute approximate surface area is 156 Å². The molecule has 1 aliphatic rings. The maximum atomic E-state index is 13.7. The van der Waals surface area contributed by atoms with Crippen LogP contribution in [0.5, 0.6) is 0 Å². The van der Waals surface area contributed by atoms with Crippen molar-refractivity contribution in [2.75, 3.05) is 39.3 Å². The van der Waals surface area contributed by atoms with Crippen molar-refractivity contribution >= 4 is 5.91 Å². The summed E-state index contributed by atoms with van der Waals surface area (Å²) >= 11 is 0. The quantitative estimate of drug-likeness (QED) is 0.841. The van der Waals surface area contributed by atoms with Gasteiger partial charge in [-0.1, -0.05) is 18.2 Å². The highest BCUT2D eigenvalue weighted by Crippen LogP contribution is 2.12. The number of nitrogens with zero attached hydrogens (tertiary/aromatic N) is 2. The molecule has 4 nitrogen and oxygen atoms in total. The summed E-state index contributed by atoms with van der Waals surface area (Å²) in [4.78, 5) is 16.4. The van der Waals surface area contributed by atoms with Crippen LogP contribution in [-0.2, 0) is 6.54 Å². The first kappa shape index (κ1) is 19.4. The molecule has 2 aromatic carbocycles. The number of hydrogen-bond acceptors (Lipinski definition) is 3. The first-order valence-electron chi connectivity index (χ1n) is 8.94. The summed E-state index contributed by atoms with van der Waals surface area (Å²) in [5.41, 5.74) is 0.799. The van der Waals surface area contributed by atoms with Crippen LogP contribution in [0.25, 0.3) is 0 Å². The molecular weight excluding hydrogens is 355 g/mol. The van der Waals surface area contributed by atoms with Gasteiger partial charge in [0, 0.05) is 56.9 Å². The fourth-order valence-corrected chi connectivity index (χ4v) is 3.11. The molecule has 0 saturated carbocycles. The van der Waals surface area contributed by atoms with Crippen molar-refractivity contribution in [2.45, 2.75) is 6.54 Å². The molecular formula is C20H22F3N3O. The zero-order valence-corrected chi connectivity index (χ0v) is 14.9. The monoisotopic (exact) mass is 377 g/mol. The van der Waals surface area contributed by atoms with Crippen LogP contribution in [0.2, 0.25) is 0 Å². The van der Waals surface area contributed by atoms with Crippen molar-refractivity contribution in [3.8, 4) is 0 Å². The Hall–Kier alpha value is -2.38. The molecule has 144 valence electrons. The molecule has 0 bridgehead atoms. The molecule has 1 amide bonds. The maximum Gasteiger partial charge on any atom is 0.251 e. The van der Waals surface area contributed by atoms with Gasteiger partial charge in [-0.3, -0.25) is 14.6 Å². The molecule has 0 radical (unpaired) electrons. The minimum atomic E-state index is -1.03. The molecule has 1 saturated heterocycles. The Balaban J connectivity index is 1.39. The largest absolute Gasteiger partial charge is 0.351 e. The van der Waals surface area contributed by atoms with E-state index < -0.39 is 17.5 Å². The standard InChI is InChI=1S/C20H22F3N3O/c21-17-4-2-1-3-16(17)14-26-11-9-25(10-12-26)8-7-24-20(27)15-5-6-18(22)19(23)13-15/h1-6,13H,7-12,14H2,(H,24,27). The zero-order valence-electron chi connectivity index (χ0n) is 14.9. The lowest BCUT2D eigenvalue weighted by molar-refractivity contribution is 0.0933. The van der Waals surface area contributed by atoms with Gasteiger partial charge in [-0.05, 0) is 24.3 Å². The third kappa shape index (κ3) is 5.30. The lowest BCUT2D eigenvalue weighted by Gasteiger charge is -2.34. The number of rotatable bonds is 6. The van der Waals surface area contributed by atoms with Crippen molar-refractivity contribution in [1.29, 1.82) is 0 Å². The summed E-state index contributed by atoms with van der Waals surface area (Å²) in [7, 11) is 0. The normalized spacial score (nSPS) is 15.7. The smallest absolute Gasteiger partial charge is 0.251 e. The van der Waals surface area contributed by atoms with Crippen LogP contribution in [0.1, 0.15) is 15.9 Å². The third-order valence-corrected chi connectivity index (χ3v) is 4.71. The van der Waals surface area contributed by atoms with Crippen LogP contribution in [-0.4, -0.2) is 55.0 Å². The highest BCUT2D eigenvalue weighted by molar-refractivity contribution is 5.94. The number of halogens is 3. The van der Waals surface area contributed by atoms with E-state index in [1.807, 2.05) is 6.07 Å². The molecule has 0 aromatic heterocycles. The van der Waals surface area contributed by atoms with Crippen molar-refractivity contribution in [1.82, 2.24) is 15.1 Å². The number of amides is 1. The Morgan fingerprint density at radius 2 is 1.59 bits per heavy atom. The first-order valence-corrected chi connectivity index (χ1v) is 8.94. The molecule has 2 aromatic rings. The van der Waals surface area contributed by atoms with Gasteiger partial charge in [-0.15, -0.1) is 0 Å². The average Bonchev–Trinajstić information content (AvgIpc) is 2.67. The summed E-state index contributed by atoms with van der Waals surface area (Å²) in [6.07, 6.45) is 0. The van der Waals surface area contributed by atoms with Gasteiger partial charge in [-0.2, -0.15) is 0 Å². The van der Waals surface area contributed by atoms with Gasteiger partial charge in [0.1, 0.15) is 5.82 Å². The number of carbonyl (C=O) groups excluding carboxylic acids is 1. The summed E-state index contributed by atoms with van der Waals surface area (Å²) < 4.78 is 39.8. The van der Waals surface area contributed by atoms with Crippen molar-refractivity contribution < 1.29 is 18.0 Å². The van der Waals surface area contributed by atoms with Crippen LogP contribution >= 0.6 is 0 Å². The third-order valence-electron chi connectivity index (χ3n) is 4.71. The van der Waals surface area contributed by atoms with E-state index in [2.05, 4.69) is 15.1 Å². The second-order valence-electron chi connectivity index (χ2n) is 6.59. The van der Waals surface area contributed by atoms with Gasteiger partial charge in [0.2, 0.25) is 0 Å². The molecule has 0 aliphatic carbocycles. The fourth-order valence-electron chi connectivity index (χ4n) is 3.11. The maximum absolute atomic E-state index is 13.7. The van der Waals surface area contributed by atoms with Crippen LogP contribution in [0.4, 0.5) is 13.2 Å². The fraction of sp³-hybridized carbons (Fsp3) is 0.350. The Morgan fingerprint density at radius 1 is 0.889 bits per heavy atom. The molecule has 7 heteroatoms. The predicted molar refractivity (Wildman–Crippen MR) is 96.8 cm³/mol. The molecule has 1 N–H and O–H groups in total. The summed E-state index contributed by atoms with van der Waals surface area (Å²) in [6.45, 7) is 4.99. The second kappa shape index (κ2) is 9.01. The number of nitrogens with one attached hydrogen (secondary N) is 1. The minimum Gasteiger partial charge on any atom is -0.351 e. The van der Waals surface area contributed by atoms with E-state index in [9.17, 15) is 18.0 Å². The van der Waals surface area contributed by atoms with Crippen molar-refractivity contribution in [3.05, 3.63) is 71.0 Å². The SMILES string of the molecule is O=C(NCCN1CCN(Cc2ccccc2F)CC1)c1ccc(F)c(F)c1. The summed E-state index contributed by atoms with van der Waals surface area (Å²) in [5, 5.41) is 2.72. The number of benzene rings is 2. The molecule has 0 spiro atoms. The minimum absolute atomic E-state index is 0.101. The van der Waals surface area contributed by atoms with Gasteiger partial charge in [0.25, 0.3) is 5.91 Å². The predicted octanol–water partition coefficient (Wildman–Crippen LogP) is 2.65. The van der Waals surface area contributed by atoms with Gasteiger partial charge in [0.15, 0.2) is 11.6 Å². The van der Waals surface area contributed by atoms with E-state index in [4.69, 9.17) is 0 Å². The topological polar surface area (TPSA) is 35.6 Å². The Kier molecular flexibility index (Phi) is 6.47.